The highest BCUT2D eigenvalue weighted by molar-refractivity contribution is 5.79. The molecule has 0 saturated heterocycles. The van der Waals surface area contributed by atoms with Crippen LogP contribution in [0.3, 0.4) is 0 Å². The van der Waals surface area contributed by atoms with Crippen molar-refractivity contribution in [2.45, 2.75) is 32.3 Å². The molecule has 0 bridgehead atoms. The van der Waals surface area contributed by atoms with Crippen molar-refractivity contribution in [1.29, 1.82) is 0 Å². The summed E-state index contributed by atoms with van der Waals surface area (Å²) in [5.74, 6) is 1.48. The standard InChI is InChI=1S/C25H27NO5/c1-4-30-24(25(27)28)14-16-9-11-21(29-3)18(13-16)17-10-12-23-20(15-17)26(2)19-7-5-6-8-22(19)31-23/h7-13,15,24H,4-6,14H2,1-3H3,(H,27,28). The van der Waals surface area contributed by atoms with Crippen molar-refractivity contribution in [2.24, 2.45) is 0 Å². The van der Waals surface area contributed by atoms with E-state index in [9.17, 15) is 9.90 Å². The summed E-state index contributed by atoms with van der Waals surface area (Å²) in [7, 11) is 3.68. The second kappa shape index (κ2) is 8.86. The van der Waals surface area contributed by atoms with Crippen molar-refractivity contribution < 1.29 is 24.1 Å². The van der Waals surface area contributed by atoms with Crippen LogP contribution < -0.4 is 14.4 Å². The molecule has 0 aromatic heterocycles. The maximum atomic E-state index is 11.5. The van der Waals surface area contributed by atoms with E-state index in [0.717, 1.165) is 58.2 Å². The van der Waals surface area contributed by atoms with Crippen LogP contribution in [0.5, 0.6) is 11.5 Å². The van der Waals surface area contributed by atoms with Gasteiger partial charge < -0.3 is 24.2 Å². The Labute approximate surface area is 182 Å². The molecular weight excluding hydrogens is 394 g/mol. The summed E-state index contributed by atoms with van der Waals surface area (Å²) in [6, 6.07) is 11.8. The minimum atomic E-state index is -0.962. The van der Waals surface area contributed by atoms with Crippen LogP contribution in [0.1, 0.15) is 25.3 Å². The number of benzene rings is 2. The first-order valence-corrected chi connectivity index (χ1v) is 10.5. The van der Waals surface area contributed by atoms with Crippen LogP contribution >= 0.6 is 0 Å². The maximum Gasteiger partial charge on any atom is 0.333 e. The summed E-state index contributed by atoms with van der Waals surface area (Å²) in [5.41, 5.74) is 4.81. The highest BCUT2D eigenvalue weighted by atomic mass is 16.5. The van der Waals surface area contributed by atoms with Crippen molar-refractivity contribution in [2.75, 3.05) is 25.7 Å². The Balaban J connectivity index is 1.71. The second-order valence-electron chi connectivity index (χ2n) is 7.60. The topological polar surface area (TPSA) is 68.2 Å². The lowest BCUT2D eigenvalue weighted by Crippen LogP contribution is -2.26. The first-order chi connectivity index (χ1) is 15.0. The van der Waals surface area contributed by atoms with E-state index < -0.39 is 12.1 Å². The van der Waals surface area contributed by atoms with Crippen molar-refractivity contribution in [3.8, 4) is 22.6 Å². The fourth-order valence-electron chi connectivity index (χ4n) is 4.06. The van der Waals surface area contributed by atoms with E-state index in [0.29, 0.717) is 6.61 Å². The van der Waals surface area contributed by atoms with Gasteiger partial charge >= 0.3 is 5.97 Å². The number of ether oxygens (including phenoxy) is 3. The Morgan fingerprint density at radius 2 is 2.00 bits per heavy atom. The highest BCUT2D eigenvalue weighted by Gasteiger charge is 2.26. The molecule has 0 fully saturated rings. The Hall–Kier alpha value is -3.25. The molecule has 1 aliphatic carbocycles. The monoisotopic (exact) mass is 421 g/mol. The van der Waals surface area contributed by atoms with Gasteiger partial charge in [-0.2, -0.15) is 0 Å². The lowest BCUT2D eigenvalue weighted by Gasteiger charge is -2.33. The van der Waals surface area contributed by atoms with Crippen LogP contribution in [0.2, 0.25) is 0 Å². The third-order valence-corrected chi connectivity index (χ3v) is 5.63. The maximum absolute atomic E-state index is 11.5. The number of carbonyl (C=O) groups is 1. The Kier molecular flexibility index (Phi) is 6.00. The Morgan fingerprint density at radius 3 is 2.74 bits per heavy atom. The van der Waals surface area contributed by atoms with E-state index in [1.807, 2.05) is 37.4 Å². The molecule has 1 unspecified atom stereocenters. The smallest absolute Gasteiger partial charge is 0.333 e. The van der Waals surface area contributed by atoms with E-state index >= 15 is 0 Å². The molecule has 1 N–H and O–H groups in total. The van der Waals surface area contributed by atoms with Crippen LogP contribution in [0.25, 0.3) is 11.1 Å². The molecule has 31 heavy (non-hydrogen) atoms. The molecule has 0 saturated carbocycles. The SMILES string of the molecule is CCOC(Cc1ccc(OC)c(-c2ccc3c(c2)N(C)C2=CCCC=C2O3)c1)C(=O)O. The van der Waals surface area contributed by atoms with Gasteiger partial charge in [0.1, 0.15) is 11.5 Å². The molecule has 4 rings (SSSR count). The molecular formula is C25H27NO5. The number of methoxy groups -OCH3 is 1. The molecule has 2 aliphatic rings. The quantitative estimate of drug-likeness (QED) is 0.694. The minimum absolute atomic E-state index is 0.287. The number of anilines is 1. The van der Waals surface area contributed by atoms with Crippen LogP contribution in [-0.2, 0) is 16.0 Å². The van der Waals surface area contributed by atoms with Crippen LogP contribution in [-0.4, -0.2) is 37.9 Å². The van der Waals surface area contributed by atoms with Crippen molar-refractivity contribution in [3.05, 3.63) is 65.6 Å². The molecule has 2 aromatic carbocycles. The summed E-state index contributed by atoms with van der Waals surface area (Å²) in [6.45, 7) is 2.15. The Bertz CT molecular complexity index is 1060. The van der Waals surface area contributed by atoms with Gasteiger partial charge in [-0.25, -0.2) is 4.79 Å². The number of likely N-dealkylation sites (N-methyl/N-ethyl adjacent to an activating group) is 1. The van der Waals surface area contributed by atoms with Crippen molar-refractivity contribution in [1.82, 2.24) is 0 Å². The third kappa shape index (κ3) is 4.16. The van der Waals surface area contributed by atoms with Gasteiger partial charge in [0.05, 0.1) is 18.5 Å². The number of carboxylic acids is 1. The molecule has 1 heterocycles. The Morgan fingerprint density at radius 1 is 1.19 bits per heavy atom. The van der Waals surface area contributed by atoms with Gasteiger partial charge in [0.2, 0.25) is 0 Å². The molecule has 2 aromatic rings. The largest absolute Gasteiger partial charge is 0.496 e. The fourth-order valence-corrected chi connectivity index (χ4v) is 4.06. The first kappa shape index (κ1) is 21.0. The second-order valence-corrected chi connectivity index (χ2v) is 7.60. The molecule has 1 atom stereocenters. The highest BCUT2D eigenvalue weighted by Crippen LogP contribution is 2.43. The predicted molar refractivity (Wildman–Crippen MR) is 120 cm³/mol. The zero-order chi connectivity index (χ0) is 22.0. The zero-order valence-corrected chi connectivity index (χ0v) is 18.1. The molecule has 6 nitrogen and oxygen atoms in total. The van der Waals surface area contributed by atoms with Crippen LogP contribution in [0, 0.1) is 0 Å². The fraction of sp³-hybridized carbons (Fsp3) is 0.320. The normalized spacial score (nSPS) is 15.8. The number of fused-ring (bicyclic) bond motifs is 2. The predicted octanol–water partition coefficient (Wildman–Crippen LogP) is 4.78. The number of carboxylic acid groups (broad SMARTS) is 1. The number of nitrogens with zero attached hydrogens (tertiary/aromatic N) is 1. The minimum Gasteiger partial charge on any atom is -0.496 e. The summed E-state index contributed by atoms with van der Waals surface area (Å²) in [5, 5.41) is 9.43. The van der Waals surface area contributed by atoms with E-state index in [-0.39, 0.29) is 6.42 Å². The van der Waals surface area contributed by atoms with Gasteiger partial charge in [-0.1, -0.05) is 18.2 Å². The average molecular weight is 421 g/mol. The number of allylic oxidation sites excluding steroid dienone is 2. The first-order valence-electron chi connectivity index (χ1n) is 10.5. The van der Waals surface area contributed by atoms with Gasteiger partial charge in [-0.3, -0.25) is 0 Å². The summed E-state index contributed by atoms with van der Waals surface area (Å²) >= 11 is 0. The number of hydrogen-bond donors (Lipinski definition) is 1. The van der Waals surface area contributed by atoms with Gasteiger partial charge in [0.15, 0.2) is 11.9 Å². The molecule has 0 spiro atoms. The summed E-state index contributed by atoms with van der Waals surface area (Å²) in [4.78, 5) is 13.7. The van der Waals surface area contributed by atoms with E-state index in [2.05, 4.69) is 23.1 Å². The van der Waals surface area contributed by atoms with Gasteiger partial charge in [0, 0.05) is 25.6 Å². The molecule has 0 radical (unpaired) electrons. The molecule has 0 amide bonds. The number of rotatable bonds is 7. The average Bonchev–Trinajstić information content (AvgIpc) is 2.78. The number of hydrogen-bond acceptors (Lipinski definition) is 5. The number of aliphatic carboxylic acids is 1. The van der Waals surface area contributed by atoms with E-state index in [1.54, 1.807) is 14.0 Å². The third-order valence-electron chi connectivity index (χ3n) is 5.63. The lowest BCUT2D eigenvalue weighted by molar-refractivity contribution is -0.149. The van der Waals surface area contributed by atoms with E-state index in [4.69, 9.17) is 14.2 Å². The molecule has 1 aliphatic heterocycles. The van der Waals surface area contributed by atoms with Crippen LogP contribution in [0.15, 0.2) is 60.0 Å². The van der Waals surface area contributed by atoms with Gasteiger partial charge in [-0.05, 0) is 61.2 Å². The summed E-state index contributed by atoms with van der Waals surface area (Å²) in [6.07, 6.45) is 5.73. The van der Waals surface area contributed by atoms with Gasteiger partial charge in [0.25, 0.3) is 0 Å². The zero-order valence-electron chi connectivity index (χ0n) is 18.1. The van der Waals surface area contributed by atoms with Crippen molar-refractivity contribution in [3.63, 3.8) is 0 Å². The molecule has 162 valence electrons. The molecule has 6 heteroatoms. The van der Waals surface area contributed by atoms with Crippen LogP contribution in [0.4, 0.5) is 5.69 Å². The summed E-state index contributed by atoms with van der Waals surface area (Å²) < 4.78 is 17.1. The van der Waals surface area contributed by atoms with Crippen molar-refractivity contribution >= 4 is 11.7 Å². The lowest BCUT2D eigenvalue weighted by atomic mass is 9.97. The van der Waals surface area contributed by atoms with Gasteiger partial charge in [-0.15, -0.1) is 0 Å². The van der Waals surface area contributed by atoms with E-state index in [1.165, 1.54) is 0 Å².